The molecule has 2 aliphatic carbocycles. The Bertz CT molecular complexity index is 1190. The van der Waals surface area contributed by atoms with Crippen LogP contribution in [-0.2, 0) is 16.4 Å². The van der Waals surface area contributed by atoms with Crippen LogP contribution in [0.3, 0.4) is 0 Å². The van der Waals surface area contributed by atoms with E-state index in [1.807, 2.05) is 31.2 Å². The molecule has 10 heteroatoms. The molecule has 7 nitrogen and oxygen atoms in total. The maximum Gasteiger partial charge on any atom is 0.435 e. The summed E-state index contributed by atoms with van der Waals surface area (Å²) < 4.78 is 47.2. The van der Waals surface area contributed by atoms with Gasteiger partial charge in [-0.15, -0.1) is 0 Å². The second-order valence-corrected chi connectivity index (χ2v) is 9.02. The maximum atomic E-state index is 13.5. The average Bonchev–Trinajstić information content (AvgIpc) is 3.21. The molecule has 2 heterocycles. The van der Waals surface area contributed by atoms with Gasteiger partial charge in [0.2, 0.25) is 0 Å². The van der Waals surface area contributed by atoms with Crippen LogP contribution < -0.4 is 0 Å². The molecule has 3 aromatic rings. The van der Waals surface area contributed by atoms with Crippen molar-refractivity contribution < 1.29 is 27.6 Å². The van der Waals surface area contributed by atoms with Gasteiger partial charge in [-0.1, -0.05) is 29.4 Å². The molecule has 0 spiro atoms. The molecule has 5 rings (SSSR count). The molecule has 0 unspecified atom stereocenters. The molecular formula is C23H23F3N4O3. The van der Waals surface area contributed by atoms with Crippen molar-refractivity contribution in [3.63, 3.8) is 0 Å². The Balaban J connectivity index is 1.50. The summed E-state index contributed by atoms with van der Waals surface area (Å²) in [6.45, 7) is 2.01. The van der Waals surface area contributed by atoms with E-state index in [9.17, 15) is 23.1 Å². The number of aromatic nitrogens is 4. The first kappa shape index (κ1) is 21.7. The van der Waals surface area contributed by atoms with E-state index >= 15 is 0 Å². The fraction of sp³-hybridized carbons (Fsp3) is 0.478. The van der Waals surface area contributed by atoms with E-state index in [1.54, 1.807) is 0 Å². The van der Waals surface area contributed by atoms with E-state index in [2.05, 4.69) is 15.2 Å². The highest BCUT2D eigenvalue weighted by molar-refractivity contribution is 5.70. The number of carboxylic acids is 1. The average molecular weight is 460 g/mol. The zero-order valence-corrected chi connectivity index (χ0v) is 18.0. The highest BCUT2D eigenvalue weighted by Crippen LogP contribution is 2.53. The molecule has 0 bridgehead atoms. The molecule has 2 saturated carbocycles. The van der Waals surface area contributed by atoms with Crippen LogP contribution in [-0.4, -0.2) is 31.0 Å². The van der Waals surface area contributed by atoms with Gasteiger partial charge in [0.1, 0.15) is 5.69 Å². The number of benzene rings is 1. The van der Waals surface area contributed by atoms with Gasteiger partial charge in [-0.3, -0.25) is 9.48 Å². The molecule has 174 valence electrons. The van der Waals surface area contributed by atoms with E-state index in [4.69, 9.17) is 4.52 Å². The monoisotopic (exact) mass is 460 g/mol. The molecular weight excluding hydrogens is 437 g/mol. The van der Waals surface area contributed by atoms with Gasteiger partial charge in [-0.05, 0) is 56.6 Å². The van der Waals surface area contributed by atoms with Crippen LogP contribution in [0.25, 0.3) is 11.6 Å². The van der Waals surface area contributed by atoms with Crippen LogP contribution in [0.15, 0.2) is 34.9 Å². The summed E-state index contributed by atoms with van der Waals surface area (Å²) >= 11 is 0. The Labute approximate surface area is 187 Å². The van der Waals surface area contributed by atoms with E-state index in [-0.39, 0.29) is 23.0 Å². The Kier molecular flexibility index (Phi) is 5.06. The lowest BCUT2D eigenvalue weighted by molar-refractivity contribution is -0.143. The highest BCUT2D eigenvalue weighted by atomic mass is 19.4. The number of aryl methyl sites for hydroxylation is 1. The zero-order valence-electron chi connectivity index (χ0n) is 18.0. The summed E-state index contributed by atoms with van der Waals surface area (Å²) in [5.74, 6) is -0.908. The van der Waals surface area contributed by atoms with Gasteiger partial charge in [0.25, 0.3) is 5.89 Å². The highest BCUT2D eigenvalue weighted by Gasteiger charge is 2.51. The predicted octanol–water partition coefficient (Wildman–Crippen LogP) is 5.16. The van der Waals surface area contributed by atoms with Gasteiger partial charge in [-0.2, -0.15) is 23.3 Å². The topological polar surface area (TPSA) is 94.0 Å². The smallest absolute Gasteiger partial charge is 0.435 e. The SMILES string of the molecule is Cc1ccccc1C1(c2noc(-c3cc(C(F)(F)F)nn3C3CCC(C(=O)O)CC3)n2)CC1. The van der Waals surface area contributed by atoms with Crippen molar-refractivity contribution >= 4 is 5.97 Å². The summed E-state index contributed by atoms with van der Waals surface area (Å²) in [7, 11) is 0. The normalized spacial score (nSPS) is 22.3. The van der Waals surface area contributed by atoms with Crippen molar-refractivity contribution in [1.29, 1.82) is 0 Å². The molecule has 0 amide bonds. The molecule has 0 aliphatic heterocycles. The van der Waals surface area contributed by atoms with Crippen LogP contribution >= 0.6 is 0 Å². The first-order valence-corrected chi connectivity index (χ1v) is 11.0. The lowest BCUT2D eigenvalue weighted by atomic mass is 9.86. The Hall–Kier alpha value is -3.17. The molecule has 0 atom stereocenters. The number of carboxylic acid groups (broad SMARTS) is 1. The minimum atomic E-state index is -4.63. The Morgan fingerprint density at radius 1 is 1.18 bits per heavy atom. The fourth-order valence-corrected chi connectivity index (χ4v) is 4.91. The quantitative estimate of drug-likeness (QED) is 0.566. The summed E-state index contributed by atoms with van der Waals surface area (Å²) in [5.41, 5.74) is 0.887. The lowest BCUT2D eigenvalue weighted by Crippen LogP contribution is -2.24. The Morgan fingerprint density at radius 2 is 1.88 bits per heavy atom. The number of hydrogen-bond acceptors (Lipinski definition) is 5. The molecule has 1 aromatic carbocycles. The van der Waals surface area contributed by atoms with E-state index < -0.39 is 23.8 Å². The standard InChI is InChI=1S/C23H23F3N4O3/c1-13-4-2-3-5-16(13)22(10-11-22)21-27-19(33-29-21)17-12-18(23(24,25)26)28-30(17)15-8-6-14(7-9-15)20(31)32/h2-5,12,14-15H,6-11H2,1H3,(H,31,32). The van der Waals surface area contributed by atoms with Crippen molar-refractivity contribution in [3.8, 4) is 11.6 Å². The molecule has 2 fully saturated rings. The van der Waals surface area contributed by atoms with Crippen molar-refractivity contribution in [1.82, 2.24) is 19.9 Å². The van der Waals surface area contributed by atoms with Crippen LogP contribution in [0, 0.1) is 12.8 Å². The van der Waals surface area contributed by atoms with Crippen molar-refractivity contribution in [3.05, 3.63) is 53.0 Å². The minimum Gasteiger partial charge on any atom is -0.481 e. The van der Waals surface area contributed by atoms with Gasteiger partial charge in [0, 0.05) is 6.07 Å². The maximum absolute atomic E-state index is 13.5. The van der Waals surface area contributed by atoms with Crippen LogP contribution in [0.1, 0.15) is 67.2 Å². The molecule has 0 saturated heterocycles. The van der Waals surface area contributed by atoms with Crippen LogP contribution in [0.5, 0.6) is 0 Å². The van der Waals surface area contributed by atoms with Crippen LogP contribution in [0.2, 0.25) is 0 Å². The third kappa shape index (κ3) is 3.81. The minimum absolute atomic E-state index is 0.00628. The van der Waals surface area contributed by atoms with E-state index in [0.29, 0.717) is 31.5 Å². The van der Waals surface area contributed by atoms with Gasteiger partial charge in [0.05, 0.1) is 17.4 Å². The number of rotatable bonds is 5. The second kappa shape index (κ2) is 7.71. The van der Waals surface area contributed by atoms with Crippen molar-refractivity contribution in [2.24, 2.45) is 5.92 Å². The summed E-state index contributed by atoms with van der Waals surface area (Å²) in [4.78, 5) is 15.8. The van der Waals surface area contributed by atoms with Gasteiger partial charge < -0.3 is 9.63 Å². The first-order chi connectivity index (χ1) is 15.7. The van der Waals surface area contributed by atoms with E-state index in [1.165, 1.54) is 4.68 Å². The number of aliphatic carboxylic acids is 1. The lowest BCUT2D eigenvalue weighted by Gasteiger charge is -2.27. The number of nitrogens with zero attached hydrogens (tertiary/aromatic N) is 4. The van der Waals surface area contributed by atoms with Gasteiger partial charge in [-0.25, -0.2) is 0 Å². The number of halogens is 3. The third-order valence-electron chi connectivity index (χ3n) is 6.90. The molecule has 2 aromatic heterocycles. The number of carbonyl (C=O) groups is 1. The van der Waals surface area contributed by atoms with Crippen molar-refractivity contribution in [2.75, 3.05) is 0 Å². The largest absolute Gasteiger partial charge is 0.481 e. The molecule has 2 aliphatic rings. The molecule has 1 N–H and O–H groups in total. The second-order valence-electron chi connectivity index (χ2n) is 9.02. The summed E-state index contributed by atoms with van der Waals surface area (Å²) in [5, 5.41) is 17.2. The number of hydrogen-bond donors (Lipinski definition) is 1. The van der Waals surface area contributed by atoms with Crippen molar-refractivity contribution in [2.45, 2.75) is 63.1 Å². The first-order valence-electron chi connectivity index (χ1n) is 11.0. The number of alkyl halides is 3. The van der Waals surface area contributed by atoms with Gasteiger partial charge in [0.15, 0.2) is 11.5 Å². The molecule has 33 heavy (non-hydrogen) atoms. The van der Waals surface area contributed by atoms with E-state index in [0.717, 1.165) is 30.0 Å². The van der Waals surface area contributed by atoms with Gasteiger partial charge >= 0.3 is 12.1 Å². The Morgan fingerprint density at radius 3 is 2.48 bits per heavy atom. The fourth-order valence-electron chi connectivity index (χ4n) is 4.91. The summed E-state index contributed by atoms with van der Waals surface area (Å²) in [6, 6.07) is 8.50. The third-order valence-corrected chi connectivity index (χ3v) is 6.90. The van der Waals surface area contributed by atoms with Crippen LogP contribution in [0.4, 0.5) is 13.2 Å². The predicted molar refractivity (Wildman–Crippen MR) is 110 cm³/mol. The molecule has 0 radical (unpaired) electrons. The summed E-state index contributed by atoms with van der Waals surface area (Å²) in [6.07, 6.45) is -1.36. The zero-order chi connectivity index (χ0) is 23.4.